The minimum atomic E-state index is -0.910. The lowest BCUT2D eigenvalue weighted by Gasteiger charge is -2.12. The van der Waals surface area contributed by atoms with Gasteiger partial charge in [-0.05, 0) is 37.5 Å². The summed E-state index contributed by atoms with van der Waals surface area (Å²) in [5.74, 6) is 0.735. The van der Waals surface area contributed by atoms with Crippen LogP contribution in [0, 0.1) is 5.41 Å². The lowest BCUT2D eigenvalue weighted by atomic mass is 10.1. The third kappa shape index (κ3) is 2.98. The van der Waals surface area contributed by atoms with Gasteiger partial charge in [-0.15, -0.1) is 23.2 Å². The van der Waals surface area contributed by atoms with Gasteiger partial charge in [-0.3, -0.25) is 4.79 Å². The Morgan fingerprint density at radius 3 is 2.74 bits per heavy atom. The average molecular weight is 302 g/mol. The molecule has 1 fully saturated rings. The zero-order valence-corrected chi connectivity index (χ0v) is 12.5. The largest absolute Gasteiger partial charge is 0.497 e. The van der Waals surface area contributed by atoms with Gasteiger partial charge in [0.05, 0.1) is 12.5 Å². The first kappa shape index (κ1) is 14.5. The van der Waals surface area contributed by atoms with Crippen LogP contribution in [0.5, 0.6) is 5.75 Å². The highest BCUT2D eigenvalue weighted by Crippen LogP contribution is 2.63. The SMILES string of the molecule is COc1cccc(CCNC(=O)[C@]2(C)CC2(Cl)Cl)c1. The lowest BCUT2D eigenvalue weighted by molar-refractivity contribution is -0.125. The monoisotopic (exact) mass is 301 g/mol. The first-order chi connectivity index (χ1) is 8.89. The van der Waals surface area contributed by atoms with Crippen LogP contribution in [-0.4, -0.2) is 23.9 Å². The van der Waals surface area contributed by atoms with Crippen molar-refractivity contribution in [3.8, 4) is 5.75 Å². The first-order valence-corrected chi connectivity index (χ1v) is 6.94. The standard InChI is InChI=1S/C14H17Cl2NO2/c1-13(9-14(13,15)16)12(18)17-7-6-10-4-3-5-11(8-10)19-2/h3-5,8H,6-7,9H2,1-2H3,(H,17,18)/t13-/m0/s1. The maximum atomic E-state index is 12.0. The molecule has 19 heavy (non-hydrogen) atoms. The van der Waals surface area contributed by atoms with Gasteiger partial charge in [-0.25, -0.2) is 0 Å². The number of amides is 1. The van der Waals surface area contributed by atoms with Crippen molar-refractivity contribution in [2.45, 2.75) is 24.1 Å². The molecule has 0 bridgehead atoms. The van der Waals surface area contributed by atoms with E-state index in [1.807, 2.05) is 24.3 Å². The Labute approximate surface area is 123 Å². The fourth-order valence-corrected chi connectivity index (χ4v) is 2.70. The van der Waals surface area contributed by atoms with Gasteiger partial charge in [0.1, 0.15) is 10.1 Å². The van der Waals surface area contributed by atoms with Crippen molar-refractivity contribution in [3.05, 3.63) is 29.8 Å². The van der Waals surface area contributed by atoms with Crippen LogP contribution in [0.15, 0.2) is 24.3 Å². The molecule has 0 aromatic heterocycles. The van der Waals surface area contributed by atoms with Gasteiger partial charge in [0.2, 0.25) is 5.91 Å². The van der Waals surface area contributed by atoms with Crippen molar-refractivity contribution in [1.29, 1.82) is 0 Å². The molecule has 3 nitrogen and oxygen atoms in total. The van der Waals surface area contributed by atoms with Crippen LogP contribution in [0.2, 0.25) is 0 Å². The molecular formula is C14H17Cl2NO2. The van der Waals surface area contributed by atoms with Crippen molar-refractivity contribution in [2.75, 3.05) is 13.7 Å². The highest BCUT2D eigenvalue weighted by molar-refractivity contribution is 6.53. The molecule has 1 aliphatic rings. The van der Waals surface area contributed by atoms with Gasteiger partial charge in [-0.1, -0.05) is 12.1 Å². The Hall–Kier alpha value is -0.930. The number of alkyl halides is 2. The Balaban J connectivity index is 1.82. The molecule has 0 unspecified atom stereocenters. The van der Waals surface area contributed by atoms with E-state index in [-0.39, 0.29) is 5.91 Å². The summed E-state index contributed by atoms with van der Waals surface area (Å²) in [5.41, 5.74) is 0.466. The van der Waals surface area contributed by atoms with Crippen LogP contribution in [0.25, 0.3) is 0 Å². The van der Waals surface area contributed by atoms with Crippen LogP contribution in [0.1, 0.15) is 18.9 Å². The smallest absolute Gasteiger partial charge is 0.229 e. The maximum absolute atomic E-state index is 12.0. The number of ether oxygens (including phenoxy) is 1. The molecule has 0 heterocycles. The van der Waals surface area contributed by atoms with E-state index in [2.05, 4.69) is 5.32 Å². The molecule has 1 saturated carbocycles. The topological polar surface area (TPSA) is 38.3 Å². The van der Waals surface area contributed by atoms with Crippen molar-refractivity contribution in [2.24, 2.45) is 5.41 Å². The number of carbonyl (C=O) groups excluding carboxylic acids is 1. The van der Waals surface area contributed by atoms with Crippen LogP contribution in [0.3, 0.4) is 0 Å². The maximum Gasteiger partial charge on any atom is 0.229 e. The molecular weight excluding hydrogens is 285 g/mol. The third-order valence-corrected chi connectivity index (χ3v) is 4.69. The summed E-state index contributed by atoms with van der Waals surface area (Å²) in [7, 11) is 1.63. The number of hydrogen-bond donors (Lipinski definition) is 1. The Morgan fingerprint density at radius 1 is 1.47 bits per heavy atom. The quantitative estimate of drug-likeness (QED) is 0.849. The Morgan fingerprint density at radius 2 is 2.16 bits per heavy atom. The molecule has 1 atom stereocenters. The molecule has 2 rings (SSSR count). The van der Waals surface area contributed by atoms with Gasteiger partial charge >= 0.3 is 0 Å². The predicted molar refractivity (Wildman–Crippen MR) is 76.9 cm³/mol. The second-order valence-electron chi connectivity index (χ2n) is 5.07. The van der Waals surface area contributed by atoms with E-state index >= 15 is 0 Å². The number of halogens is 2. The molecule has 0 aliphatic heterocycles. The molecule has 1 amide bonds. The van der Waals surface area contributed by atoms with Gasteiger partial charge in [0.25, 0.3) is 0 Å². The molecule has 0 spiro atoms. The molecule has 104 valence electrons. The second-order valence-corrected chi connectivity index (χ2v) is 6.55. The van der Waals surface area contributed by atoms with E-state index in [9.17, 15) is 4.79 Å². The second kappa shape index (κ2) is 5.22. The van der Waals surface area contributed by atoms with E-state index in [1.165, 1.54) is 0 Å². The molecule has 0 radical (unpaired) electrons. The minimum Gasteiger partial charge on any atom is -0.497 e. The molecule has 5 heteroatoms. The Kier molecular flexibility index (Phi) is 3.98. The van der Waals surface area contributed by atoms with Crippen molar-refractivity contribution in [3.63, 3.8) is 0 Å². The average Bonchev–Trinajstić information content (AvgIpc) is 2.90. The summed E-state index contributed by atoms with van der Waals surface area (Å²) in [6.07, 6.45) is 1.25. The van der Waals surface area contributed by atoms with E-state index in [4.69, 9.17) is 27.9 Å². The van der Waals surface area contributed by atoms with Crippen molar-refractivity contribution < 1.29 is 9.53 Å². The summed E-state index contributed by atoms with van der Waals surface area (Å²) in [4.78, 5) is 12.0. The first-order valence-electron chi connectivity index (χ1n) is 6.18. The van der Waals surface area contributed by atoms with Crippen molar-refractivity contribution in [1.82, 2.24) is 5.32 Å². The number of nitrogens with one attached hydrogen (secondary N) is 1. The van der Waals surface area contributed by atoms with Crippen molar-refractivity contribution >= 4 is 29.1 Å². The lowest BCUT2D eigenvalue weighted by Crippen LogP contribution is -2.34. The van der Waals surface area contributed by atoms with Crippen LogP contribution in [0.4, 0.5) is 0 Å². The summed E-state index contributed by atoms with van der Waals surface area (Å²) >= 11 is 11.9. The fourth-order valence-electron chi connectivity index (χ4n) is 1.99. The van der Waals surface area contributed by atoms with Gasteiger partial charge in [0, 0.05) is 6.54 Å². The van der Waals surface area contributed by atoms with E-state index in [0.29, 0.717) is 13.0 Å². The Bertz CT molecular complexity index is 490. The van der Waals surface area contributed by atoms with Gasteiger partial charge < -0.3 is 10.1 Å². The van der Waals surface area contributed by atoms with E-state index in [1.54, 1.807) is 14.0 Å². The zero-order valence-electron chi connectivity index (χ0n) is 11.0. The zero-order chi connectivity index (χ0) is 14.1. The number of hydrogen-bond acceptors (Lipinski definition) is 2. The molecule has 1 aromatic rings. The number of rotatable bonds is 5. The predicted octanol–water partition coefficient (Wildman–Crippen LogP) is 2.94. The summed E-state index contributed by atoms with van der Waals surface area (Å²) in [6.45, 7) is 2.35. The van der Waals surface area contributed by atoms with E-state index < -0.39 is 9.75 Å². The number of benzene rings is 1. The molecule has 1 aliphatic carbocycles. The number of methoxy groups -OCH3 is 1. The summed E-state index contributed by atoms with van der Waals surface area (Å²) in [5, 5.41) is 2.88. The highest BCUT2D eigenvalue weighted by atomic mass is 35.5. The van der Waals surface area contributed by atoms with Gasteiger partial charge in [0.15, 0.2) is 0 Å². The van der Waals surface area contributed by atoms with Crippen LogP contribution >= 0.6 is 23.2 Å². The van der Waals surface area contributed by atoms with E-state index in [0.717, 1.165) is 17.7 Å². The fraction of sp³-hybridized carbons (Fsp3) is 0.500. The van der Waals surface area contributed by atoms with Gasteiger partial charge in [-0.2, -0.15) is 0 Å². The summed E-state index contributed by atoms with van der Waals surface area (Å²) in [6, 6.07) is 7.78. The highest BCUT2D eigenvalue weighted by Gasteiger charge is 2.67. The molecule has 0 saturated heterocycles. The third-order valence-electron chi connectivity index (χ3n) is 3.59. The number of carbonyl (C=O) groups is 1. The van der Waals surface area contributed by atoms with Crippen LogP contribution < -0.4 is 10.1 Å². The molecule has 1 N–H and O–H groups in total. The summed E-state index contributed by atoms with van der Waals surface area (Å²) < 4.78 is 4.24. The van der Waals surface area contributed by atoms with Crippen LogP contribution in [-0.2, 0) is 11.2 Å². The normalized spacial score (nSPS) is 23.8. The minimum absolute atomic E-state index is 0.0830. The molecule has 1 aromatic carbocycles.